The van der Waals surface area contributed by atoms with Gasteiger partial charge in [-0.3, -0.25) is 0 Å². The largest absolute Gasteiger partial charge is 0.375 e. The molecule has 2 rings (SSSR count). The molecule has 1 N–H and O–H groups in total. The second kappa shape index (κ2) is 5.69. The van der Waals surface area contributed by atoms with Crippen LogP contribution in [0.5, 0.6) is 0 Å². The van der Waals surface area contributed by atoms with Crippen LogP contribution in [0.2, 0.25) is 0 Å². The Morgan fingerprint density at radius 2 is 1.50 bits per heavy atom. The SMILES string of the molecule is Cc1sc(CNc2c(F)c(F)c(F)c(F)c2F)cc1Br. The van der Waals surface area contributed by atoms with E-state index in [-0.39, 0.29) is 6.54 Å². The number of hydrogen-bond acceptors (Lipinski definition) is 2. The fourth-order valence-corrected chi connectivity index (χ4v) is 3.08. The average molecular weight is 372 g/mol. The Bertz CT molecular complexity index is 622. The van der Waals surface area contributed by atoms with Crippen LogP contribution < -0.4 is 5.32 Å². The van der Waals surface area contributed by atoms with E-state index < -0.39 is 34.8 Å². The lowest BCUT2D eigenvalue weighted by molar-refractivity contribution is 0.381. The molecule has 0 radical (unpaired) electrons. The zero-order valence-corrected chi connectivity index (χ0v) is 12.4. The van der Waals surface area contributed by atoms with E-state index in [2.05, 4.69) is 21.2 Å². The number of anilines is 1. The third-order valence-corrected chi connectivity index (χ3v) is 4.69. The highest BCUT2D eigenvalue weighted by Gasteiger charge is 2.25. The van der Waals surface area contributed by atoms with Crippen LogP contribution in [-0.4, -0.2) is 0 Å². The van der Waals surface area contributed by atoms with Crippen molar-refractivity contribution in [3.8, 4) is 0 Å². The number of hydrogen-bond donors (Lipinski definition) is 1. The lowest BCUT2D eigenvalue weighted by atomic mass is 10.2. The molecule has 0 aliphatic heterocycles. The second-order valence-electron chi connectivity index (χ2n) is 3.92. The van der Waals surface area contributed by atoms with E-state index in [9.17, 15) is 22.0 Å². The van der Waals surface area contributed by atoms with Crippen LogP contribution in [0.3, 0.4) is 0 Å². The Kier molecular flexibility index (Phi) is 4.33. The van der Waals surface area contributed by atoms with Crippen molar-refractivity contribution in [3.05, 3.63) is 49.4 Å². The van der Waals surface area contributed by atoms with Gasteiger partial charge in [-0.25, -0.2) is 22.0 Å². The monoisotopic (exact) mass is 371 g/mol. The predicted molar refractivity (Wildman–Crippen MR) is 70.3 cm³/mol. The molecule has 0 spiro atoms. The molecule has 108 valence electrons. The van der Waals surface area contributed by atoms with Crippen LogP contribution in [0, 0.1) is 36.0 Å². The lowest BCUT2D eigenvalue weighted by Gasteiger charge is -2.09. The number of benzene rings is 1. The number of thiophene rings is 1. The van der Waals surface area contributed by atoms with Gasteiger partial charge in [0.2, 0.25) is 5.82 Å². The highest BCUT2D eigenvalue weighted by atomic mass is 79.9. The molecular weight excluding hydrogens is 365 g/mol. The minimum atomic E-state index is -2.17. The van der Waals surface area contributed by atoms with E-state index in [1.54, 1.807) is 6.07 Å². The molecule has 20 heavy (non-hydrogen) atoms. The molecule has 1 aromatic carbocycles. The van der Waals surface area contributed by atoms with Gasteiger partial charge in [-0.05, 0) is 28.9 Å². The minimum Gasteiger partial charge on any atom is -0.375 e. The molecule has 1 heterocycles. The maximum Gasteiger partial charge on any atom is 0.200 e. The van der Waals surface area contributed by atoms with Crippen molar-refractivity contribution in [2.45, 2.75) is 13.5 Å². The number of aryl methyl sites for hydroxylation is 1. The molecule has 0 aliphatic rings. The van der Waals surface area contributed by atoms with E-state index in [1.807, 2.05) is 6.92 Å². The van der Waals surface area contributed by atoms with E-state index in [4.69, 9.17) is 0 Å². The van der Waals surface area contributed by atoms with Gasteiger partial charge in [0.15, 0.2) is 23.3 Å². The summed E-state index contributed by atoms with van der Waals surface area (Å²) in [6, 6.07) is 1.71. The first-order chi connectivity index (χ1) is 9.32. The molecule has 1 aromatic heterocycles. The smallest absolute Gasteiger partial charge is 0.200 e. The molecule has 0 amide bonds. The standard InChI is InChI=1S/C12H7BrF5NS/c1-4-6(13)2-5(20-4)3-19-12-10(17)8(15)7(14)9(16)11(12)18/h2,19H,3H2,1H3. The number of halogens is 6. The first-order valence-corrected chi connectivity index (χ1v) is 6.94. The van der Waals surface area contributed by atoms with Gasteiger partial charge >= 0.3 is 0 Å². The van der Waals surface area contributed by atoms with Gasteiger partial charge in [0, 0.05) is 20.8 Å². The molecule has 0 saturated carbocycles. The second-order valence-corrected chi connectivity index (χ2v) is 6.11. The Hall–Kier alpha value is -1.15. The molecule has 0 aliphatic carbocycles. The molecular formula is C12H7BrF5NS. The van der Waals surface area contributed by atoms with Crippen LogP contribution in [0.4, 0.5) is 27.6 Å². The molecule has 2 aromatic rings. The summed E-state index contributed by atoms with van der Waals surface area (Å²) in [6.07, 6.45) is 0. The summed E-state index contributed by atoms with van der Waals surface area (Å²) in [4.78, 5) is 1.64. The molecule has 0 bridgehead atoms. The Morgan fingerprint density at radius 3 is 1.95 bits per heavy atom. The van der Waals surface area contributed by atoms with Crippen molar-refractivity contribution >= 4 is 33.0 Å². The van der Waals surface area contributed by atoms with Crippen LogP contribution in [-0.2, 0) is 6.54 Å². The normalized spacial score (nSPS) is 10.9. The lowest BCUT2D eigenvalue weighted by Crippen LogP contribution is -2.09. The van der Waals surface area contributed by atoms with Gasteiger partial charge in [-0.15, -0.1) is 11.3 Å². The van der Waals surface area contributed by atoms with Gasteiger partial charge in [-0.2, -0.15) is 0 Å². The molecule has 1 nitrogen and oxygen atoms in total. The van der Waals surface area contributed by atoms with Gasteiger partial charge in [0.25, 0.3) is 0 Å². The summed E-state index contributed by atoms with van der Waals surface area (Å²) in [5, 5.41) is 2.24. The maximum absolute atomic E-state index is 13.4. The van der Waals surface area contributed by atoms with Crippen LogP contribution in [0.25, 0.3) is 0 Å². The Balaban J connectivity index is 2.30. The zero-order valence-electron chi connectivity index (χ0n) is 9.96. The fraction of sp³-hybridized carbons (Fsp3) is 0.167. The molecule has 8 heteroatoms. The first kappa shape index (κ1) is 15.2. The van der Waals surface area contributed by atoms with Crippen molar-refractivity contribution in [1.82, 2.24) is 0 Å². The zero-order chi connectivity index (χ0) is 15.0. The van der Waals surface area contributed by atoms with Crippen LogP contribution >= 0.6 is 27.3 Å². The van der Waals surface area contributed by atoms with Crippen molar-refractivity contribution in [3.63, 3.8) is 0 Å². The Labute approximate surface area is 123 Å². The topological polar surface area (TPSA) is 12.0 Å². The quantitative estimate of drug-likeness (QED) is 0.448. The van der Waals surface area contributed by atoms with E-state index in [1.165, 1.54) is 11.3 Å². The Morgan fingerprint density at radius 1 is 1.00 bits per heavy atom. The number of rotatable bonds is 3. The van der Waals surface area contributed by atoms with Gasteiger partial charge in [-0.1, -0.05) is 0 Å². The van der Waals surface area contributed by atoms with Crippen LogP contribution in [0.1, 0.15) is 9.75 Å². The molecule has 0 saturated heterocycles. The van der Waals surface area contributed by atoms with Crippen molar-refractivity contribution in [1.29, 1.82) is 0 Å². The van der Waals surface area contributed by atoms with Crippen molar-refractivity contribution in [2.75, 3.05) is 5.32 Å². The van der Waals surface area contributed by atoms with E-state index in [0.29, 0.717) is 4.88 Å². The summed E-state index contributed by atoms with van der Waals surface area (Å²) in [5.74, 6) is -9.83. The van der Waals surface area contributed by atoms with E-state index >= 15 is 0 Å². The molecule has 0 unspecified atom stereocenters. The van der Waals surface area contributed by atoms with Gasteiger partial charge < -0.3 is 5.32 Å². The fourth-order valence-electron chi connectivity index (χ4n) is 1.54. The van der Waals surface area contributed by atoms with Gasteiger partial charge in [0.05, 0.1) is 0 Å². The summed E-state index contributed by atoms with van der Waals surface area (Å²) >= 11 is 4.61. The van der Waals surface area contributed by atoms with Crippen molar-refractivity contribution < 1.29 is 22.0 Å². The van der Waals surface area contributed by atoms with Gasteiger partial charge in [0.1, 0.15) is 5.69 Å². The summed E-state index contributed by atoms with van der Waals surface area (Å²) in [5.41, 5.74) is -1.02. The number of nitrogens with one attached hydrogen (secondary N) is 1. The molecule has 0 fully saturated rings. The maximum atomic E-state index is 13.4. The highest BCUT2D eigenvalue weighted by molar-refractivity contribution is 9.10. The third kappa shape index (κ3) is 2.67. The average Bonchev–Trinajstić information content (AvgIpc) is 2.73. The van der Waals surface area contributed by atoms with E-state index in [0.717, 1.165) is 9.35 Å². The third-order valence-electron chi connectivity index (χ3n) is 2.56. The highest BCUT2D eigenvalue weighted by Crippen LogP contribution is 2.30. The summed E-state index contributed by atoms with van der Waals surface area (Å²) in [6.45, 7) is 1.78. The molecule has 0 atom stereocenters. The predicted octanol–water partition coefficient (Wildman–Crippen LogP) is 5.13. The van der Waals surface area contributed by atoms with Crippen molar-refractivity contribution in [2.24, 2.45) is 0 Å². The summed E-state index contributed by atoms with van der Waals surface area (Å²) < 4.78 is 66.5. The summed E-state index contributed by atoms with van der Waals surface area (Å²) in [7, 11) is 0. The first-order valence-electron chi connectivity index (χ1n) is 5.33. The minimum absolute atomic E-state index is 0.0462. The van der Waals surface area contributed by atoms with Crippen LogP contribution in [0.15, 0.2) is 10.5 Å².